The molecular formula is C44H61ClN2O8. The first-order valence-corrected chi connectivity index (χ1v) is 20.6. The predicted molar refractivity (Wildman–Crippen MR) is 209 cm³/mol. The Balaban J connectivity index is 1.26. The number of carbonyl (C=O) groups is 5. The van der Waals surface area contributed by atoms with Crippen molar-refractivity contribution in [1.29, 1.82) is 0 Å². The Kier molecular flexibility index (Phi) is 10.8. The fraction of sp³-hybridized carbons (Fsp3) is 0.705. The summed E-state index contributed by atoms with van der Waals surface area (Å²) in [6.07, 6.45) is 7.05. The third kappa shape index (κ3) is 6.85. The quantitative estimate of drug-likeness (QED) is 0.205. The molecule has 0 radical (unpaired) electrons. The van der Waals surface area contributed by atoms with Crippen LogP contribution < -0.4 is 10.6 Å². The van der Waals surface area contributed by atoms with Gasteiger partial charge in [0.2, 0.25) is 5.91 Å². The Morgan fingerprint density at radius 3 is 2.20 bits per heavy atom. The largest absolute Gasteiger partial charge is 0.480 e. The molecule has 0 heterocycles. The highest BCUT2D eigenvalue weighted by molar-refractivity contribution is 6.30. The predicted octanol–water partition coefficient (Wildman–Crippen LogP) is 7.71. The van der Waals surface area contributed by atoms with Gasteiger partial charge >= 0.3 is 11.9 Å². The van der Waals surface area contributed by atoms with E-state index in [1.54, 1.807) is 38.1 Å². The number of carboxylic acids is 1. The maximum Gasteiger partial charge on any atom is 0.332 e. The van der Waals surface area contributed by atoms with Gasteiger partial charge in [-0.2, -0.15) is 0 Å². The molecule has 1 unspecified atom stereocenters. The zero-order chi connectivity index (χ0) is 40.5. The maximum atomic E-state index is 14.3. The summed E-state index contributed by atoms with van der Waals surface area (Å²) in [5, 5.41) is 15.8. The summed E-state index contributed by atoms with van der Waals surface area (Å²) in [7, 11) is 0. The second-order valence-corrected chi connectivity index (χ2v) is 20.0. The molecule has 2 amide bonds. The molecule has 10 nitrogen and oxygen atoms in total. The number of benzene rings is 1. The summed E-state index contributed by atoms with van der Waals surface area (Å²) in [4.78, 5) is 65.2. The molecule has 0 bridgehead atoms. The van der Waals surface area contributed by atoms with E-state index in [4.69, 9.17) is 26.2 Å². The molecule has 4 saturated carbocycles. The molecule has 11 heteroatoms. The molecule has 55 heavy (non-hydrogen) atoms. The normalized spacial score (nSPS) is 35.2. The highest BCUT2D eigenvalue weighted by Gasteiger charge is 2.70. The van der Waals surface area contributed by atoms with Crippen LogP contribution in [0.3, 0.4) is 0 Å². The minimum absolute atomic E-state index is 0.00299. The summed E-state index contributed by atoms with van der Waals surface area (Å²) in [6.45, 7) is 18.5. The van der Waals surface area contributed by atoms with E-state index >= 15 is 0 Å². The molecule has 1 aromatic rings. The third-order valence-electron chi connectivity index (χ3n) is 15.5. The van der Waals surface area contributed by atoms with Crippen molar-refractivity contribution in [3.8, 4) is 0 Å². The van der Waals surface area contributed by atoms with Crippen molar-refractivity contribution in [3.63, 3.8) is 0 Å². The van der Waals surface area contributed by atoms with E-state index in [0.717, 1.165) is 56.1 Å². The van der Waals surface area contributed by atoms with Crippen LogP contribution in [-0.4, -0.2) is 65.0 Å². The number of hydrogen-bond acceptors (Lipinski definition) is 7. The fourth-order valence-corrected chi connectivity index (χ4v) is 12.9. The summed E-state index contributed by atoms with van der Waals surface area (Å²) in [5.74, 6) is -1.36. The summed E-state index contributed by atoms with van der Waals surface area (Å²) in [5.41, 5.74) is -0.0838. The number of aliphatic carboxylic acids is 1. The van der Waals surface area contributed by atoms with E-state index < -0.39 is 29.6 Å². The summed E-state index contributed by atoms with van der Waals surface area (Å²) in [6, 6.07) is 6.55. The first-order chi connectivity index (χ1) is 25.5. The lowest BCUT2D eigenvalue weighted by Crippen LogP contribution is -2.68. The van der Waals surface area contributed by atoms with Gasteiger partial charge in [-0.05, 0) is 141 Å². The van der Waals surface area contributed by atoms with Crippen molar-refractivity contribution in [2.24, 2.45) is 45.3 Å². The van der Waals surface area contributed by atoms with E-state index in [0.29, 0.717) is 28.8 Å². The lowest BCUT2D eigenvalue weighted by molar-refractivity contribution is -0.232. The number of amides is 2. The Hall–Kier alpha value is -3.24. The maximum absolute atomic E-state index is 14.3. The van der Waals surface area contributed by atoms with Crippen LogP contribution in [-0.2, 0) is 28.7 Å². The molecule has 4 fully saturated rings. The average Bonchev–Trinajstić information content (AvgIpc) is 3.38. The number of fused-ring (bicyclic) bond motifs is 7. The monoisotopic (exact) mass is 780 g/mol. The number of allylic oxidation sites excluding steroid dienone is 1. The molecular weight excluding hydrogens is 720 g/mol. The van der Waals surface area contributed by atoms with Gasteiger partial charge < -0.3 is 25.2 Å². The lowest BCUT2D eigenvalue weighted by Gasteiger charge is -2.72. The van der Waals surface area contributed by atoms with Crippen molar-refractivity contribution >= 4 is 41.1 Å². The number of Topliss-reactive ketones (excluding diaryl/α,β-unsaturated/α-hetero) is 1. The SMILES string of the molecule is CC(C)C1=C2[C@H]3CC[C@@H]4[C@@]5(C)CC[C@H](OC(=O)COCC(=O)O)C(C)(C)[C@@H]5CC[C@@]4(C)[C@]3(C)CCC2(NC(=O)C(C)(C)NC(=O)c2ccc(Cl)cc2)CC1=O. The Bertz CT molecular complexity index is 1790. The zero-order valence-electron chi connectivity index (χ0n) is 34.2. The molecule has 302 valence electrons. The second-order valence-electron chi connectivity index (χ2n) is 19.5. The van der Waals surface area contributed by atoms with Gasteiger partial charge in [0.25, 0.3) is 5.91 Å². The van der Waals surface area contributed by atoms with Crippen molar-refractivity contribution in [2.45, 2.75) is 137 Å². The molecule has 0 saturated heterocycles. The molecule has 5 aliphatic rings. The molecule has 0 aromatic heterocycles. The van der Waals surface area contributed by atoms with E-state index in [1.165, 1.54) is 0 Å². The topological polar surface area (TPSA) is 148 Å². The number of carbonyl (C=O) groups excluding carboxylic acids is 4. The fourth-order valence-electron chi connectivity index (χ4n) is 12.7. The van der Waals surface area contributed by atoms with Gasteiger partial charge in [-0.3, -0.25) is 14.4 Å². The smallest absolute Gasteiger partial charge is 0.332 e. The number of hydrogen-bond donors (Lipinski definition) is 3. The number of rotatable bonds is 10. The van der Waals surface area contributed by atoms with Gasteiger partial charge in [0.05, 0.1) is 5.54 Å². The van der Waals surface area contributed by atoms with Crippen molar-refractivity contribution < 1.29 is 38.6 Å². The average molecular weight is 781 g/mol. The van der Waals surface area contributed by atoms with Crippen LogP contribution in [0.25, 0.3) is 0 Å². The van der Waals surface area contributed by atoms with Crippen LogP contribution in [0.1, 0.15) is 130 Å². The van der Waals surface area contributed by atoms with E-state index in [9.17, 15) is 24.0 Å². The van der Waals surface area contributed by atoms with Gasteiger partial charge in [-0.1, -0.05) is 60.1 Å². The third-order valence-corrected chi connectivity index (χ3v) is 15.8. The minimum atomic E-state index is -1.25. The molecule has 8 atom stereocenters. The van der Waals surface area contributed by atoms with Crippen LogP contribution in [0.2, 0.25) is 5.02 Å². The van der Waals surface area contributed by atoms with Crippen LogP contribution in [0.15, 0.2) is 35.4 Å². The summed E-state index contributed by atoms with van der Waals surface area (Å²) >= 11 is 6.04. The first-order valence-electron chi connectivity index (χ1n) is 20.2. The first kappa shape index (κ1) is 41.4. The number of ketones is 1. The van der Waals surface area contributed by atoms with Crippen LogP contribution in [0, 0.1) is 45.3 Å². The Labute approximate surface area is 331 Å². The molecule has 5 aliphatic carbocycles. The van der Waals surface area contributed by atoms with Gasteiger partial charge in [-0.25, -0.2) is 9.59 Å². The Morgan fingerprint density at radius 1 is 0.891 bits per heavy atom. The minimum Gasteiger partial charge on any atom is -0.480 e. The van der Waals surface area contributed by atoms with Crippen LogP contribution >= 0.6 is 11.6 Å². The van der Waals surface area contributed by atoms with E-state index in [-0.39, 0.29) is 70.2 Å². The van der Waals surface area contributed by atoms with Gasteiger partial charge in [0, 0.05) is 22.4 Å². The molecule has 6 rings (SSSR count). The highest BCUT2D eigenvalue weighted by atomic mass is 35.5. The van der Waals surface area contributed by atoms with Crippen molar-refractivity contribution in [2.75, 3.05) is 13.2 Å². The number of esters is 1. The van der Waals surface area contributed by atoms with E-state index in [1.807, 2.05) is 0 Å². The zero-order valence-corrected chi connectivity index (χ0v) is 34.9. The molecule has 0 aliphatic heterocycles. The number of carboxylic acid groups (broad SMARTS) is 1. The molecule has 0 spiro atoms. The standard InChI is InChI=1S/C44H61ClN2O8/c1-25(2)35-29(48)22-44(47-38(53)40(5,6)46-37(52)26-10-12-27(45)13-11-26)21-20-42(8)28(36(35)44)14-15-31-41(7)18-17-32(55-34(51)24-54-23-33(49)50)39(3,4)30(41)16-19-43(31,42)9/h10-13,25,28,30-32H,14-24H2,1-9H3,(H,46,52)(H,47,53)(H,49,50)/t28-,30+,31-,32+,41+,42-,43-,44?/m1/s1. The molecule has 1 aromatic carbocycles. The summed E-state index contributed by atoms with van der Waals surface area (Å²) < 4.78 is 11.0. The van der Waals surface area contributed by atoms with Gasteiger partial charge in [-0.15, -0.1) is 0 Å². The number of ether oxygens (including phenoxy) is 2. The van der Waals surface area contributed by atoms with E-state index in [2.05, 4.69) is 59.1 Å². The second kappa shape index (κ2) is 14.3. The highest BCUT2D eigenvalue weighted by Crippen LogP contribution is 2.76. The van der Waals surface area contributed by atoms with Crippen molar-refractivity contribution in [3.05, 3.63) is 46.0 Å². The number of nitrogens with one attached hydrogen (secondary N) is 2. The molecule has 3 N–H and O–H groups in total. The van der Waals surface area contributed by atoms with Crippen LogP contribution in [0.5, 0.6) is 0 Å². The van der Waals surface area contributed by atoms with Gasteiger partial charge in [0.1, 0.15) is 24.9 Å². The van der Waals surface area contributed by atoms with Gasteiger partial charge in [0.15, 0.2) is 5.78 Å². The van der Waals surface area contributed by atoms with Crippen molar-refractivity contribution in [1.82, 2.24) is 10.6 Å². The number of halogens is 1. The lowest BCUT2D eigenvalue weighted by atomic mass is 9.33. The van der Waals surface area contributed by atoms with Crippen LogP contribution in [0.4, 0.5) is 0 Å². The Morgan fingerprint density at radius 2 is 1.56 bits per heavy atom.